The zero-order valence-corrected chi connectivity index (χ0v) is 13.6. The fourth-order valence-electron chi connectivity index (χ4n) is 2.30. The number of aryl methyl sites for hydroxylation is 1. The average molecular weight is 327 g/mol. The standard InChI is InChI=1S/C15H23BrN2O/c1-4-17-10-12(16)9-14(17)15(19)18(13-5-6-13)8-7-11(2)3/h9-11,13H,4-8H2,1-3H3. The summed E-state index contributed by atoms with van der Waals surface area (Å²) >= 11 is 3.46. The van der Waals surface area contributed by atoms with E-state index in [0.29, 0.717) is 12.0 Å². The number of amides is 1. The molecule has 3 nitrogen and oxygen atoms in total. The first-order valence-electron chi connectivity index (χ1n) is 7.19. The summed E-state index contributed by atoms with van der Waals surface area (Å²) < 4.78 is 3.01. The van der Waals surface area contributed by atoms with Crippen LogP contribution in [0.4, 0.5) is 0 Å². The number of nitrogens with zero attached hydrogens (tertiary/aromatic N) is 2. The maximum Gasteiger partial charge on any atom is 0.270 e. The minimum absolute atomic E-state index is 0.190. The van der Waals surface area contributed by atoms with E-state index in [9.17, 15) is 4.79 Å². The van der Waals surface area contributed by atoms with Crippen molar-refractivity contribution in [1.29, 1.82) is 0 Å². The van der Waals surface area contributed by atoms with Gasteiger partial charge in [-0.15, -0.1) is 0 Å². The number of aromatic nitrogens is 1. The molecule has 19 heavy (non-hydrogen) atoms. The molecular weight excluding hydrogens is 304 g/mol. The van der Waals surface area contributed by atoms with Crippen LogP contribution in [0.15, 0.2) is 16.7 Å². The summed E-state index contributed by atoms with van der Waals surface area (Å²) in [5, 5.41) is 0. The Kier molecular flexibility index (Phi) is 4.71. The molecule has 0 aliphatic heterocycles. The van der Waals surface area contributed by atoms with Gasteiger partial charge in [-0.2, -0.15) is 0 Å². The second-order valence-electron chi connectivity index (χ2n) is 5.74. The molecule has 1 aliphatic carbocycles. The van der Waals surface area contributed by atoms with Crippen LogP contribution in [0.1, 0.15) is 50.5 Å². The fourth-order valence-corrected chi connectivity index (χ4v) is 2.76. The molecule has 0 aromatic carbocycles. The third-order valence-corrected chi connectivity index (χ3v) is 4.05. The normalized spacial score (nSPS) is 15.0. The van der Waals surface area contributed by atoms with Gasteiger partial charge in [0.25, 0.3) is 5.91 Å². The van der Waals surface area contributed by atoms with Crippen molar-refractivity contribution in [3.05, 3.63) is 22.4 Å². The number of halogens is 1. The summed E-state index contributed by atoms with van der Waals surface area (Å²) in [6, 6.07) is 2.42. The largest absolute Gasteiger partial charge is 0.343 e. The molecule has 0 atom stereocenters. The quantitative estimate of drug-likeness (QED) is 0.777. The van der Waals surface area contributed by atoms with Gasteiger partial charge in [-0.1, -0.05) is 13.8 Å². The third kappa shape index (κ3) is 3.62. The SMILES string of the molecule is CCn1cc(Br)cc1C(=O)N(CCC(C)C)C1CC1. The van der Waals surface area contributed by atoms with Crippen LogP contribution < -0.4 is 0 Å². The van der Waals surface area contributed by atoms with Gasteiger partial charge in [0.15, 0.2) is 0 Å². The highest BCUT2D eigenvalue weighted by molar-refractivity contribution is 9.10. The van der Waals surface area contributed by atoms with Crippen molar-refractivity contribution >= 4 is 21.8 Å². The van der Waals surface area contributed by atoms with Crippen molar-refractivity contribution < 1.29 is 4.79 Å². The zero-order chi connectivity index (χ0) is 14.0. The molecule has 2 rings (SSSR count). The van der Waals surface area contributed by atoms with E-state index in [1.54, 1.807) is 0 Å². The number of carbonyl (C=O) groups is 1. The van der Waals surface area contributed by atoms with E-state index in [-0.39, 0.29) is 5.91 Å². The Balaban J connectivity index is 2.14. The monoisotopic (exact) mass is 326 g/mol. The van der Waals surface area contributed by atoms with E-state index < -0.39 is 0 Å². The van der Waals surface area contributed by atoms with Crippen LogP contribution in [0.2, 0.25) is 0 Å². The van der Waals surface area contributed by atoms with Crippen LogP contribution in [0, 0.1) is 5.92 Å². The molecule has 4 heteroatoms. The summed E-state index contributed by atoms with van der Waals surface area (Å²) in [6.07, 6.45) is 5.40. The van der Waals surface area contributed by atoms with E-state index in [2.05, 4.69) is 41.6 Å². The van der Waals surface area contributed by atoms with Crippen LogP contribution in [-0.4, -0.2) is 28.0 Å². The number of carbonyl (C=O) groups excluding carboxylic acids is 1. The van der Waals surface area contributed by atoms with E-state index in [0.717, 1.165) is 42.5 Å². The van der Waals surface area contributed by atoms with Crippen LogP contribution in [0.5, 0.6) is 0 Å². The van der Waals surface area contributed by atoms with Crippen molar-refractivity contribution in [2.45, 2.75) is 52.6 Å². The number of hydrogen-bond donors (Lipinski definition) is 0. The summed E-state index contributed by atoms with van der Waals surface area (Å²) in [7, 11) is 0. The molecule has 1 heterocycles. The smallest absolute Gasteiger partial charge is 0.270 e. The Bertz CT molecular complexity index is 449. The van der Waals surface area contributed by atoms with Crippen molar-refractivity contribution in [2.24, 2.45) is 5.92 Å². The van der Waals surface area contributed by atoms with Gasteiger partial charge >= 0.3 is 0 Å². The van der Waals surface area contributed by atoms with Crippen molar-refractivity contribution in [1.82, 2.24) is 9.47 Å². The van der Waals surface area contributed by atoms with Gasteiger partial charge in [0.05, 0.1) is 0 Å². The summed E-state index contributed by atoms with van der Waals surface area (Å²) in [6.45, 7) is 8.20. The minimum atomic E-state index is 0.190. The molecule has 0 N–H and O–H groups in total. The third-order valence-electron chi connectivity index (χ3n) is 3.62. The molecule has 1 fully saturated rings. The molecule has 1 aliphatic rings. The van der Waals surface area contributed by atoms with Crippen LogP contribution in [-0.2, 0) is 6.54 Å². The second-order valence-corrected chi connectivity index (χ2v) is 6.66. The van der Waals surface area contributed by atoms with Gasteiger partial charge in [-0.25, -0.2) is 0 Å². The minimum Gasteiger partial charge on any atom is -0.343 e. The Morgan fingerprint density at radius 3 is 2.74 bits per heavy atom. The van der Waals surface area contributed by atoms with E-state index in [1.165, 1.54) is 0 Å². The lowest BCUT2D eigenvalue weighted by Crippen LogP contribution is -2.35. The molecule has 1 saturated carbocycles. The van der Waals surface area contributed by atoms with Gasteiger partial charge in [0.1, 0.15) is 5.69 Å². The highest BCUT2D eigenvalue weighted by Gasteiger charge is 2.33. The molecule has 0 unspecified atom stereocenters. The van der Waals surface area contributed by atoms with Crippen molar-refractivity contribution in [2.75, 3.05) is 6.54 Å². The summed E-state index contributed by atoms with van der Waals surface area (Å²) in [5.41, 5.74) is 0.810. The molecule has 1 amide bonds. The van der Waals surface area contributed by atoms with Gasteiger partial charge in [-0.3, -0.25) is 4.79 Å². The maximum atomic E-state index is 12.7. The number of hydrogen-bond acceptors (Lipinski definition) is 1. The average Bonchev–Trinajstić information content (AvgIpc) is 3.11. The highest BCUT2D eigenvalue weighted by Crippen LogP contribution is 2.29. The molecular formula is C15H23BrN2O. The van der Waals surface area contributed by atoms with Gasteiger partial charge in [0.2, 0.25) is 0 Å². The predicted octanol–water partition coefficient (Wildman–Crippen LogP) is 3.92. The Morgan fingerprint density at radius 2 is 2.21 bits per heavy atom. The van der Waals surface area contributed by atoms with Gasteiger partial charge < -0.3 is 9.47 Å². The lowest BCUT2D eigenvalue weighted by Gasteiger charge is -2.24. The maximum absolute atomic E-state index is 12.7. The Labute approximate surface area is 124 Å². The van der Waals surface area contributed by atoms with Crippen LogP contribution in [0.3, 0.4) is 0 Å². The first kappa shape index (κ1) is 14.6. The molecule has 0 saturated heterocycles. The molecule has 0 spiro atoms. The molecule has 106 valence electrons. The van der Waals surface area contributed by atoms with E-state index in [4.69, 9.17) is 0 Å². The molecule has 0 radical (unpaired) electrons. The lowest BCUT2D eigenvalue weighted by atomic mass is 10.1. The van der Waals surface area contributed by atoms with E-state index in [1.807, 2.05) is 16.8 Å². The number of rotatable bonds is 6. The first-order chi connectivity index (χ1) is 9.02. The second kappa shape index (κ2) is 6.12. The van der Waals surface area contributed by atoms with E-state index >= 15 is 0 Å². The van der Waals surface area contributed by atoms with Crippen molar-refractivity contribution in [3.63, 3.8) is 0 Å². The summed E-state index contributed by atoms with van der Waals surface area (Å²) in [5.74, 6) is 0.828. The molecule has 1 aromatic heterocycles. The lowest BCUT2D eigenvalue weighted by molar-refractivity contribution is 0.0724. The van der Waals surface area contributed by atoms with Crippen molar-refractivity contribution in [3.8, 4) is 0 Å². The Hall–Kier alpha value is -0.770. The first-order valence-corrected chi connectivity index (χ1v) is 7.98. The molecule has 0 bridgehead atoms. The highest BCUT2D eigenvalue weighted by atomic mass is 79.9. The van der Waals surface area contributed by atoms with Gasteiger partial charge in [-0.05, 0) is 54.1 Å². The zero-order valence-electron chi connectivity index (χ0n) is 12.0. The Morgan fingerprint density at radius 1 is 1.53 bits per heavy atom. The van der Waals surface area contributed by atoms with Crippen LogP contribution in [0.25, 0.3) is 0 Å². The van der Waals surface area contributed by atoms with Crippen LogP contribution >= 0.6 is 15.9 Å². The predicted molar refractivity (Wildman–Crippen MR) is 81.3 cm³/mol. The molecule has 1 aromatic rings. The van der Waals surface area contributed by atoms with Gasteiger partial charge in [0, 0.05) is 29.8 Å². The summed E-state index contributed by atoms with van der Waals surface area (Å²) in [4.78, 5) is 14.8. The topological polar surface area (TPSA) is 25.2 Å². The fraction of sp³-hybridized carbons (Fsp3) is 0.667.